The van der Waals surface area contributed by atoms with E-state index < -0.39 is 0 Å². The van der Waals surface area contributed by atoms with Gasteiger partial charge in [0.2, 0.25) is 0 Å². The Hall–Kier alpha value is -2.60. The summed E-state index contributed by atoms with van der Waals surface area (Å²) in [6.45, 7) is 7.59. The van der Waals surface area contributed by atoms with Gasteiger partial charge in [-0.25, -0.2) is 4.98 Å². The van der Waals surface area contributed by atoms with Crippen LogP contribution < -0.4 is 5.56 Å². The molecule has 0 radical (unpaired) electrons. The molecule has 27 heavy (non-hydrogen) atoms. The summed E-state index contributed by atoms with van der Waals surface area (Å²) in [5.74, 6) is -0.238. The van der Waals surface area contributed by atoms with Gasteiger partial charge in [-0.1, -0.05) is 41.6 Å². The molecule has 2 aromatic carbocycles. The van der Waals surface area contributed by atoms with Crippen LogP contribution in [0.25, 0.3) is 16.6 Å². The molecule has 0 amide bonds. The van der Waals surface area contributed by atoms with Gasteiger partial charge in [-0.2, -0.15) is 0 Å². The third kappa shape index (κ3) is 4.22. The Morgan fingerprint density at radius 3 is 2.63 bits per heavy atom. The Bertz CT molecular complexity index is 1060. The van der Waals surface area contributed by atoms with Crippen molar-refractivity contribution < 1.29 is 9.53 Å². The average Bonchev–Trinajstić information content (AvgIpc) is 2.60. The fourth-order valence-electron chi connectivity index (χ4n) is 2.90. The van der Waals surface area contributed by atoms with Gasteiger partial charge in [-0.3, -0.25) is 14.2 Å². The molecule has 1 aromatic heterocycles. The van der Waals surface area contributed by atoms with Crippen LogP contribution in [0.15, 0.2) is 52.4 Å². The summed E-state index contributed by atoms with van der Waals surface area (Å²) in [5, 5.41) is 1.03. The predicted molar refractivity (Wildman–Crippen MR) is 109 cm³/mol. The smallest absolute Gasteiger partial charge is 0.316 e. The molecule has 6 heteroatoms. The molecular formula is C21H22N2O3S. The number of ether oxygens (including phenoxy) is 1. The molecule has 0 unspecified atom stereocenters. The second-order valence-corrected chi connectivity index (χ2v) is 7.61. The minimum atomic E-state index is -0.329. The number of fused-ring (bicyclic) bond motifs is 1. The second-order valence-electron chi connectivity index (χ2n) is 6.67. The van der Waals surface area contributed by atoms with E-state index in [1.54, 1.807) is 16.7 Å². The summed E-state index contributed by atoms with van der Waals surface area (Å²) in [6.07, 6.45) is -0.177. The standard InChI is InChI=1S/C21H22N2O3S/c1-13(2)26-19(24)12-27-21-22-17-8-6-5-7-16(17)20(25)23(21)18-10-9-14(3)11-15(18)4/h5-11,13H,12H2,1-4H3. The SMILES string of the molecule is Cc1ccc(-n2c(SCC(=O)OC(C)C)nc3ccccc3c2=O)c(C)c1. The van der Waals surface area contributed by atoms with Crippen LogP contribution >= 0.6 is 11.8 Å². The van der Waals surface area contributed by atoms with Gasteiger partial charge < -0.3 is 4.74 Å². The maximum atomic E-state index is 13.2. The zero-order chi connectivity index (χ0) is 19.6. The molecule has 1 heterocycles. The Kier molecular flexibility index (Phi) is 5.65. The van der Waals surface area contributed by atoms with E-state index in [0.717, 1.165) is 16.8 Å². The number of benzene rings is 2. The van der Waals surface area contributed by atoms with Gasteiger partial charge in [-0.05, 0) is 51.5 Å². The van der Waals surface area contributed by atoms with E-state index in [-0.39, 0.29) is 23.4 Å². The number of esters is 1. The molecule has 5 nitrogen and oxygen atoms in total. The van der Waals surface area contributed by atoms with Gasteiger partial charge in [0, 0.05) is 0 Å². The third-order valence-electron chi connectivity index (χ3n) is 4.02. The highest BCUT2D eigenvalue weighted by Crippen LogP contribution is 2.24. The lowest BCUT2D eigenvalue weighted by Crippen LogP contribution is -2.23. The number of carbonyl (C=O) groups is 1. The van der Waals surface area contributed by atoms with Crippen LogP contribution in [0.5, 0.6) is 0 Å². The molecule has 0 aliphatic rings. The molecule has 0 atom stereocenters. The van der Waals surface area contributed by atoms with Crippen LogP contribution in [0.1, 0.15) is 25.0 Å². The third-order valence-corrected chi connectivity index (χ3v) is 4.94. The van der Waals surface area contributed by atoms with Crippen molar-refractivity contribution in [2.45, 2.75) is 39.0 Å². The molecule has 0 saturated heterocycles. The predicted octanol–water partition coefficient (Wildman–Crippen LogP) is 4.05. The van der Waals surface area contributed by atoms with E-state index in [9.17, 15) is 9.59 Å². The van der Waals surface area contributed by atoms with Crippen LogP contribution in [-0.4, -0.2) is 27.4 Å². The number of aryl methyl sites for hydroxylation is 2. The first kappa shape index (κ1) is 19.2. The molecular weight excluding hydrogens is 360 g/mol. The first-order valence-electron chi connectivity index (χ1n) is 8.78. The second kappa shape index (κ2) is 7.96. The molecule has 3 aromatic rings. The van der Waals surface area contributed by atoms with Gasteiger partial charge in [0.05, 0.1) is 28.4 Å². The number of nitrogens with zero attached hydrogens (tertiary/aromatic N) is 2. The first-order valence-corrected chi connectivity index (χ1v) is 9.77. The van der Waals surface area contributed by atoms with Crippen LogP contribution in [-0.2, 0) is 9.53 Å². The normalized spacial score (nSPS) is 11.1. The van der Waals surface area contributed by atoms with Gasteiger partial charge in [0.25, 0.3) is 5.56 Å². The number of rotatable bonds is 5. The summed E-state index contributed by atoms with van der Waals surface area (Å²) in [7, 11) is 0. The highest BCUT2D eigenvalue weighted by Gasteiger charge is 2.16. The highest BCUT2D eigenvalue weighted by molar-refractivity contribution is 7.99. The fourth-order valence-corrected chi connectivity index (χ4v) is 3.69. The van der Waals surface area contributed by atoms with Crippen molar-refractivity contribution in [3.05, 3.63) is 63.9 Å². The maximum absolute atomic E-state index is 13.2. The largest absolute Gasteiger partial charge is 0.462 e. The van der Waals surface area contributed by atoms with E-state index in [1.807, 2.05) is 58.0 Å². The fraction of sp³-hybridized carbons (Fsp3) is 0.286. The van der Waals surface area contributed by atoms with Crippen molar-refractivity contribution in [1.82, 2.24) is 9.55 Å². The zero-order valence-electron chi connectivity index (χ0n) is 15.9. The van der Waals surface area contributed by atoms with Crippen LogP contribution in [0.4, 0.5) is 0 Å². The number of hydrogen-bond donors (Lipinski definition) is 0. The average molecular weight is 382 g/mol. The topological polar surface area (TPSA) is 61.2 Å². The Morgan fingerprint density at radius 1 is 1.19 bits per heavy atom. The lowest BCUT2D eigenvalue weighted by molar-refractivity contribution is -0.144. The van der Waals surface area contributed by atoms with Crippen LogP contribution in [0.3, 0.4) is 0 Å². The van der Waals surface area contributed by atoms with Gasteiger partial charge in [0.15, 0.2) is 5.16 Å². The van der Waals surface area contributed by atoms with Crippen molar-refractivity contribution in [2.75, 3.05) is 5.75 Å². The molecule has 0 bridgehead atoms. The van der Waals surface area contributed by atoms with Crippen molar-refractivity contribution in [2.24, 2.45) is 0 Å². The van der Waals surface area contributed by atoms with Crippen LogP contribution in [0, 0.1) is 13.8 Å². The molecule has 0 fully saturated rings. The number of carbonyl (C=O) groups excluding carboxylic acids is 1. The molecule has 0 aliphatic heterocycles. The molecule has 0 spiro atoms. The van der Waals surface area contributed by atoms with E-state index in [0.29, 0.717) is 16.1 Å². The number of para-hydroxylation sites is 1. The summed E-state index contributed by atoms with van der Waals surface area (Å²) in [5.41, 5.74) is 3.33. The summed E-state index contributed by atoms with van der Waals surface area (Å²) in [4.78, 5) is 29.8. The lowest BCUT2D eigenvalue weighted by Gasteiger charge is -2.15. The molecule has 0 saturated carbocycles. The van der Waals surface area contributed by atoms with Crippen molar-refractivity contribution in [3.63, 3.8) is 0 Å². The lowest BCUT2D eigenvalue weighted by atomic mass is 10.1. The maximum Gasteiger partial charge on any atom is 0.316 e. The Labute approximate surface area is 162 Å². The zero-order valence-corrected chi connectivity index (χ0v) is 16.7. The monoisotopic (exact) mass is 382 g/mol. The van der Waals surface area contributed by atoms with Gasteiger partial charge in [0.1, 0.15) is 0 Å². The van der Waals surface area contributed by atoms with E-state index in [4.69, 9.17) is 4.74 Å². The minimum absolute atomic E-state index is 0.0911. The van der Waals surface area contributed by atoms with Gasteiger partial charge in [-0.15, -0.1) is 0 Å². The Balaban J connectivity index is 2.13. The van der Waals surface area contributed by atoms with E-state index >= 15 is 0 Å². The first-order chi connectivity index (χ1) is 12.9. The van der Waals surface area contributed by atoms with Crippen molar-refractivity contribution >= 4 is 28.6 Å². The van der Waals surface area contributed by atoms with Gasteiger partial charge >= 0.3 is 5.97 Å². The molecule has 0 aliphatic carbocycles. The Morgan fingerprint density at radius 2 is 1.93 bits per heavy atom. The summed E-state index contributed by atoms with van der Waals surface area (Å²) in [6, 6.07) is 13.1. The highest BCUT2D eigenvalue weighted by atomic mass is 32.2. The van der Waals surface area contributed by atoms with Crippen LogP contribution in [0.2, 0.25) is 0 Å². The molecule has 0 N–H and O–H groups in total. The van der Waals surface area contributed by atoms with Crippen molar-refractivity contribution in [1.29, 1.82) is 0 Å². The number of thioether (sulfide) groups is 1. The number of hydrogen-bond acceptors (Lipinski definition) is 5. The quantitative estimate of drug-likeness (QED) is 0.378. The summed E-state index contributed by atoms with van der Waals surface area (Å²) >= 11 is 1.21. The minimum Gasteiger partial charge on any atom is -0.462 e. The van der Waals surface area contributed by atoms with E-state index in [2.05, 4.69) is 4.98 Å². The molecule has 140 valence electrons. The number of aromatic nitrogens is 2. The molecule has 3 rings (SSSR count). The van der Waals surface area contributed by atoms with Crippen molar-refractivity contribution in [3.8, 4) is 5.69 Å². The van der Waals surface area contributed by atoms with E-state index in [1.165, 1.54) is 11.8 Å². The summed E-state index contributed by atoms with van der Waals surface area (Å²) < 4.78 is 6.79.